The summed E-state index contributed by atoms with van der Waals surface area (Å²) in [6.07, 6.45) is 14.5. The van der Waals surface area contributed by atoms with Gasteiger partial charge in [-0.25, -0.2) is 0 Å². The minimum absolute atomic E-state index is 0.696. The molecule has 4 nitrogen and oxygen atoms in total. The molecule has 0 heterocycles. The van der Waals surface area contributed by atoms with Crippen molar-refractivity contribution in [1.82, 2.24) is 0 Å². The molecule has 30 heavy (non-hydrogen) atoms. The van der Waals surface area contributed by atoms with Gasteiger partial charge in [-0.3, -0.25) is 0 Å². The molecule has 182 valence electrons. The summed E-state index contributed by atoms with van der Waals surface area (Å²) in [6, 6.07) is 2.81. The van der Waals surface area contributed by atoms with E-state index in [2.05, 4.69) is 40.8 Å². The standard InChI is InChI=1S/C23H54O4Si3/c1-8-12-15-18-21-28(5,24)26-30(7,23-20-17-14-10-3)27-29(6,25-11-4)22-19-16-13-9-2/h24H,8-23H2,1-7H3. The zero-order valence-corrected chi connectivity index (χ0v) is 24.5. The second kappa shape index (κ2) is 17.0. The summed E-state index contributed by atoms with van der Waals surface area (Å²) in [6.45, 7) is 15.9. The summed E-state index contributed by atoms with van der Waals surface area (Å²) in [5, 5.41) is 0. The molecule has 0 radical (unpaired) electrons. The molecule has 0 aliphatic rings. The predicted molar refractivity (Wildman–Crippen MR) is 138 cm³/mol. The number of rotatable bonds is 21. The lowest BCUT2D eigenvalue weighted by molar-refractivity contribution is 0.222. The fourth-order valence-electron chi connectivity index (χ4n) is 4.18. The van der Waals surface area contributed by atoms with Crippen LogP contribution in [0.4, 0.5) is 0 Å². The van der Waals surface area contributed by atoms with Crippen LogP contribution in [0.2, 0.25) is 37.8 Å². The van der Waals surface area contributed by atoms with Crippen molar-refractivity contribution in [3.8, 4) is 0 Å². The van der Waals surface area contributed by atoms with Crippen LogP contribution in [0.3, 0.4) is 0 Å². The van der Waals surface area contributed by atoms with Crippen LogP contribution < -0.4 is 0 Å². The van der Waals surface area contributed by atoms with Gasteiger partial charge in [0.2, 0.25) is 0 Å². The molecule has 0 saturated heterocycles. The Morgan fingerprint density at radius 2 is 0.967 bits per heavy atom. The third-order valence-corrected chi connectivity index (χ3v) is 17.4. The maximum atomic E-state index is 11.2. The van der Waals surface area contributed by atoms with Crippen LogP contribution in [-0.2, 0) is 12.7 Å². The molecule has 0 saturated carbocycles. The lowest BCUT2D eigenvalue weighted by Crippen LogP contribution is -2.57. The highest BCUT2D eigenvalue weighted by atomic mass is 28.5. The highest BCUT2D eigenvalue weighted by Crippen LogP contribution is 2.31. The molecule has 7 heteroatoms. The fraction of sp³-hybridized carbons (Fsp3) is 1.00. The number of unbranched alkanes of at least 4 members (excludes halogenated alkanes) is 9. The highest BCUT2D eigenvalue weighted by molar-refractivity contribution is 6.85. The quantitative estimate of drug-likeness (QED) is 0.134. The molecule has 0 aliphatic heterocycles. The highest BCUT2D eigenvalue weighted by Gasteiger charge is 2.46. The Hall–Kier alpha value is 0.491. The zero-order chi connectivity index (χ0) is 22.9. The molecule has 0 aromatic rings. The lowest BCUT2D eigenvalue weighted by atomic mass is 10.2. The van der Waals surface area contributed by atoms with Crippen LogP contribution in [0.5, 0.6) is 0 Å². The van der Waals surface area contributed by atoms with E-state index in [1.807, 2.05) is 6.55 Å². The minimum atomic E-state index is -2.72. The van der Waals surface area contributed by atoms with E-state index >= 15 is 0 Å². The maximum Gasteiger partial charge on any atom is 0.326 e. The molecule has 0 aliphatic carbocycles. The van der Waals surface area contributed by atoms with Crippen molar-refractivity contribution in [3.63, 3.8) is 0 Å². The van der Waals surface area contributed by atoms with Crippen molar-refractivity contribution in [3.05, 3.63) is 0 Å². The Morgan fingerprint density at radius 1 is 0.533 bits per heavy atom. The van der Waals surface area contributed by atoms with Gasteiger partial charge in [0.1, 0.15) is 0 Å². The molecule has 0 bridgehead atoms. The van der Waals surface area contributed by atoms with Gasteiger partial charge in [0.05, 0.1) is 0 Å². The second-order valence-corrected chi connectivity index (χ2v) is 19.8. The summed E-state index contributed by atoms with van der Waals surface area (Å²) >= 11 is 0. The smallest absolute Gasteiger partial charge is 0.326 e. The summed E-state index contributed by atoms with van der Waals surface area (Å²) in [5.41, 5.74) is 0. The van der Waals surface area contributed by atoms with Crippen molar-refractivity contribution < 1.29 is 17.5 Å². The van der Waals surface area contributed by atoms with E-state index in [1.165, 1.54) is 64.2 Å². The first kappa shape index (κ1) is 30.5. The first-order valence-electron chi connectivity index (χ1n) is 12.9. The van der Waals surface area contributed by atoms with Crippen molar-refractivity contribution in [2.45, 2.75) is 143 Å². The molecular formula is C23H54O4Si3. The molecule has 0 aromatic carbocycles. The van der Waals surface area contributed by atoms with E-state index in [0.29, 0.717) is 6.61 Å². The molecular weight excluding hydrogens is 425 g/mol. The molecule has 0 rings (SSSR count). The molecule has 0 amide bonds. The Kier molecular flexibility index (Phi) is 17.3. The second-order valence-electron chi connectivity index (χ2n) is 9.51. The van der Waals surface area contributed by atoms with Crippen LogP contribution in [0.25, 0.3) is 0 Å². The van der Waals surface area contributed by atoms with Crippen molar-refractivity contribution in [2.75, 3.05) is 6.61 Å². The van der Waals surface area contributed by atoms with E-state index in [-0.39, 0.29) is 0 Å². The van der Waals surface area contributed by atoms with Crippen molar-refractivity contribution in [2.24, 2.45) is 0 Å². The Bertz CT molecular complexity index is 412. The molecule has 3 unspecified atom stereocenters. The Labute approximate surface area is 192 Å². The Balaban J connectivity index is 5.17. The first-order valence-corrected chi connectivity index (χ1v) is 20.5. The summed E-state index contributed by atoms with van der Waals surface area (Å²) in [5.74, 6) is 0. The molecule has 3 atom stereocenters. The summed E-state index contributed by atoms with van der Waals surface area (Å²) in [4.78, 5) is 11.2. The van der Waals surface area contributed by atoms with E-state index in [1.54, 1.807) is 0 Å². The zero-order valence-electron chi connectivity index (χ0n) is 21.5. The third kappa shape index (κ3) is 15.3. The Morgan fingerprint density at radius 3 is 1.40 bits per heavy atom. The SMILES string of the molecule is CCCCCC[Si](C)(O)O[Si](C)(CCCCCC)O[Si](C)(CCCCCC)OCC. The van der Waals surface area contributed by atoms with Crippen LogP contribution in [0.15, 0.2) is 0 Å². The van der Waals surface area contributed by atoms with Gasteiger partial charge in [-0.05, 0) is 44.7 Å². The first-order chi connectivity index (χ1) is 14.2. The number of hydrogen-bond donors (Lipinski definition) is 1. The largest absolute Gasteiger partial charge is 0.415 e. The van der Waals surface area contributed by atoms with Crippen LogP contribution >= 0.6 is 0 Å². The molecule has 0 aromatic heterocycles. The lowest BCUT2D eigenvalue weighted by Gasteiger charge is -2.40. The van der Waals surface area contributed by atoms with E-state index in [4.69, 9.17) is 12.7 Å². The van der Waals surface area contributed by atoms with E-state index < -0.39 is 25.7 Å². The maximum absolute atomic E-state index is 11.2. The number of hydrogen-bond acceptors (Lipinski definition) is 4. The van der Waals surface area contributed by atoms with Gasteiger partial charge in [-0.15, -0.1) is 0 Å². The topological polar surface area (TPSA) is 47.9 Å². The normalized spacial score (nSPS) is 18.0. The summed E-state index contributed by atoms with van der Waals surface area (Å²) in [7, 11) is -7.52. The van der Waals surface area contributed by atoms with Gasteiger partial charge < -0.3 is 17.5 Å². The minimum Gasteiger partial charge on any atom is -0.415 e. The van der Waals surface area contributed by atoms with Gasteiger partial charge in [-0.1, -0.05) is 97.8 Å². The molecule has 0 spiro atoms. The summed E-state index contributed by atoms with van der Waals surface area (Å²) < 4.78 is 19.8. The van der Waals surface area contributed by atoms with Gasteiger partial charge >= 0.3 is 25.7 Å². The molecule has 1 N–H and O–H groups in total. The van der Waals surface area contributed by atoms with E-state index in [9.17, 15) is 4.80 Å². The monoisotopic (exact) mass is 478 g/mol. The van der Waals surface area contributed by atoms with Crippen LogP contribution in [0.1, 0.15) is 105 Å². The van der Waals surface area contributed by atoms with Crippen molar-refractivity contribution >= 4 is 25.7 Å². The predicted octanol–water partition coefficient (Wildman–Crippen LogP) is 8.01. The van der Waals surface area contributed by atoms with Gasteiger partial charge in [0.25, 0.3) is 0 Å². The van der Waals surface area contributed by atoms with Crippen LogP contribution in [0, 0.1) is 0 Å². The third-order valence-electron chi connectivity index (χ3n) is 5.78. The van der Waals surface area contributed by atoms with Gasteiger partial charge in [0, 0.05) is 6.61 Å². The average molecular weight is 479 g/mol. The van der Waals surface area contributed by atoms with Crippen LogP contribution in [-0.4, -0.2) is 37.1 Å². The fourth-order valence-corrected chi connectivity index (χ4v) is 17.4. The van der Waals surface area contributed by atoms with Gasteiger partial charge in [-0.2, -0.15) is 0 Å². The average Bonchev–Trinajstić information content (AvgIpc) is 2.65. The van der Waals surface area contributed by atoms with E-state index in [0.717, 1.165) is 31.0 Å². The molecule has 0 fully saturated rings. The van der Waals surface area contributed by atoms with Crippen molar-refractivity contribution in [1.29, 1.82) is 0 Å². The van der Waals surface area contributed by atoms with Gasteiger partial charge in [0.15, 0.2) is 0 Å².